The number of phosphoric acid groups is 2. The molecule has 0 bridgehead atoms. The van der Waals surface area contributed by atoms with E-state index in [0.29, 0.717) is 25.7 Å². The average molecular weight is 1310 g/mol. The van der Waals surface area contributed by atoms with Crippen molar-refractivity contribution >= 4 is 39.5 Å². The van der Waals surface area contributed by atoms with Gasteiger partial charge in [-0.3, -0.25) is 37.3 Å². The van der Waals surface area contributed by atoms with E-state index in [1.54, 1.807) is 0 Å². The van der Waals surface area contributed by atoms with Gasteiger partial charge in [0.05, 0.1) is 26.4 Å². The Morgan fingerprint density at radius 3 is 0.854 bits per heavy atom. The topological polar surface area (TPSA) is 237 Å². The molecule has 17 nitrogen and oxygen atoms in total. The maximum absolute atomic E-state index is 13.0. The number of hydrogen-bond acceptors (Lipinski definition) is 15. The summed E-state index contributed by atoms with van der Waals surface area (Å²) in [6.07, 6.45) is 47.5. The average Bonchev–Trinajstić information content (AvgIpc) is 3.54. The quantitative estimate of drug-likeness (QED) is 0.0222. The second-order valence-electron chi connectivity index (χ2n) is 26.0. The first-order valence-electron chi connectivity index (χ1n) is 36.5. The molecule has 19 heteroatoms. The summed E-state index contributed by atoms with van der Waals surface area (Å²) in [6.45, 7) is 9.52. The first-order chi connectivity index (χ1) is 42.9. The molecule has 0 aromatic heterocycles. The van der Waals surface area contributed by atoms with E-state index in [4.69, 9.17) is 37.0 Å². The Morgan fingerprint density at radius 1 is 0.326 bits per heavy atom. The van der Waals surface area contributed by atoms with Gasteiger partial charge in [0.1, 0.15) is 19.3 Å². The molecule has 0 amide bonds. The van der Waals surface area contributed by atoms with Gasteiger partial charge in [-0.25, -0.2) is 9.13 Å². The number of hydrogen-bond donors (Lipinski definition) is 3. The van der Waals surface area contributed by atoms with Gasteiger partial charge in [0.25, 0.3) is 0 Å². The van der Waals surface area contributed by atoms with Gasteiger partial charge >= 0.3 is 39.5 Å². The highest BCUT2D eigenvalue weighted by molar-refractivity contribution is 7.47. The van der Waals surface area contributed by atoms with Gasteiger partial charge in [0.2, 0.25) is 0 Å². The van der Waals surface area contributed by atoms with Crippen LogP contribution in [0.15, 0.2) is 0 Å². The third-order valence-electron chi connectivity index (χ3n) is 16.6. The predicted octanol–water partition coefficient (Wildman–Crippen LogP) is 20.0. The molecule has 0 aromatic rings. The summed E-state index contributed by atoms with van der Waals surface area (Å²) in [5.41, 5.74) is 0. The SMILES string of the molecule is CCCCCCCCCCCCC(=O)O[C@H](COC(=O)CCCCCCC)COP(=O)(O)OC[C@H](O)COP(=O)(O)OC[C@@H](COC(=O)CCCCCCCCCCCCCCCC(C)C)OC(=O)CCCCCCCCCCCCCCCCC(C)CC. The zero-order chi connectivity index (χ0) is 65.7. The Labute approximate surface area is 543 Å². The van der Waals surface area contributed by atoms with Crippen LogP contribution in [0.25, 0.3) is 0 Å². The van der Waals surface area contributed by atoms with Gasteiger partial charge in [-0.05, 0) is 37.5 Å². The van der Waals surface area contributed by atoms with E-state index in [9.17, 15) is 43.2 Å². The van der Waals surface area contributed by atoms with Crippen LogP contribution in [0.2, 0.25) is 0 Å². The fraction of sp³-hybridized carbons (Fsp3) is 0.943. The first kappa shape index (κ1) is 87.1. The van der Waals surface area contributed by atoms with Gasteiger partial charge in [-0.1, -0.05) is 305 Å². The maximum Gasteiger partial charge on any atom is 0.472 e. The highest BCUT2D eigenvalue weighted by atomic mass is 31.2. The standard InChI is InChI=1S/C70H136O17P2/c1-7-10-12-14-15-16-30-36-42-48-54-69(74)86-65(58-80-67(72)52-46-38-13-11-8-2)60-84-88(76,77)82-56-64(71)57-83-89(78,79)85-61-66(59-81-68(73)53-47-41-35-31-26-23-19-20-24-28-33-39-44-50-62(4)5)87-70(75)55-49-43-37-32-27-22-18-17-21-25-29-34-40-45-51-63(6)9-3/h62-66,71H,7-61H2,1-6H3,(H,76,77)(H,78,79)/t63?,64-,65+,66+/m0/s1. The molecule has 0 radical (unpaired) electrons. The molecule has 0 saturated carbocycles. The molecule has 0 saturated heterocycles. The number of unbranched alkanes of at least 4 members (excludes halogenated alkanes) is 38. The Morgan fingerprint density at radius 2 is 0.573 bits per heavy atom. The molecule has 0 aliphatic rings. The van der Waals surface area contributed by atoms with Crippen LogP contribution in [0.4, 0.5) is 0 Å². The minimum Gasteiger partial charge on any atom is -0.462 e. The van der Waals surface area contributed by atoms with Crippen molar-refractivity contribution in [1.82, 2.24) is 0 Å². The highest BCUT2D eigenvalue weighted by Crippen LogP contribution is 2.45. The summed E-state index contributed by atoms with van der Waals surface area (Å²) in [7, 11) is -9.89. The molecule has 528 valence electrons. The van der Waals surface area contributed by atoms with Crippen LogP contribution in [0.1, 0.15) is 356 Å². The van der Waals surface area contributed by atoms with Crippen molar-refractivity contribution in [2.24, 2.45) is 11.8 Å². The zero-order valence-electron chi connectivity index (χ0n) is 57.7. The Bertz CT molecular complexity index is 1740. The van der Waals surface area contributed by atoms with Gasteiger partial charge in [0.15, 0.2) is 12.2 Å². The van der Waals surface area contributed by atoms with E-state index in [1.807, 2.05) is 0 Å². The predicted molar refractivity (Wildman–Crippen MR) is 358 cm³/mol. The number of carbonyl (C=O) groups excluding carboxylic acids is 4. The van der Waals surface area contributed by atoms with Crippen molar-refractivity contribution in [3.8, 4) is 0 Å². The van der Waals surface area contributed by atoms with Crippen LogP contribution in [-0.2, 0) is 65.4 Å². The summed E-state index contributed by atoms with van der Waals surface area (Å²) in [4.78, 5) is 72.2. The molecule has 89 heavy (non-hydrogen) atoms. The Kier molecular flexibility index (Phi) is 60.8. The van der Waals surface area contributed by atoms with Crippen LogP contribution in [-0.4, -0.2) is 96.7 Å². The van der Waals surface area contributed by atoms with Crippen molar-refractivity contribution in [2.75, 3.05) is 39.6 Å². The van der Waals surface area contributed by atoms with Crippen LogP contribution < -0.4 is 0 Å². The van der Waals surface area contributed by atoms with Crippen LogP contribution in [0.5, 0.6) is 0 Å². The summed E-state index contributed by atoms with van der Waals surface area (Å²) in [5.74, 6) is -0.498. The molecule has 0 fully saturated rings. The van der Waals surface area contributed by atoms with Crippen molar-refractivity contribution in [3.63, 3.8) is 0 Å². The lowest BCUT2D eigenvalue weighted by atomic mass is 9.99. The number of aliphatic hydroxyl groups excluding tert-OH is 1. The van der Waals surface area contributed by atoms with E-state index < -0.39 is 97.5 Å². The smallest absolute Gasteiger partial charge is 0.462 e. The summed E-state index contributed by atoms with van der Waals surface area (Å²) in [5, 5.41) is 10.6. The summed E-state index contributed by atoms with van der Waals surface area (Å²) >= 11 is 0. The molecule has 3 N–H and O–H groups in total. The molecule has 0 aliphatic heterocycles. The monoisotopic (exact) mass is 1310 g/mol. The third-order valence-corrected chi connectivity index (χ3v) is 18.5. The van der Waals surface area contributed by atoms with E-state index in [1.165, 1.54) is 167 Å². The normalized spacial score (nSPS) is 14.4. The van der Waals surface area contributed by atoms with Crippen molar-refractivity contribution in [1.29, 1.82) is 0 Å². The molecular formula is C70H136O17P2. The van der Waals surface area contributed by atoms with Gasteiger partial charge in [-0.2, -0.15) is 0 Å². The molecule has 0 heterocycles. The second-order valence-corrected chi connectivity index (χ2v) is 28.9. The van der Waals surface area contributed by atoms with Crippen LogP contribution >= 0.6 is 15.6 Å². The first-order valence-corrected chi connectivity index (χ1v) is 39.5. The fourth-order valence-electron chi connectivity index (χ4n) is 10.6. The molecule has 0 aromatic carbocycles. The molecule has 3 unspecified atom stereocenters. The lowest BCUT2D eigenvalue weighted by molar-refractivity contribution is -0.161. The molecule has 0 rings (SSSR count). The van der Waals surface area contributed by atoms with Crippen molar-refractivity contribution in [2.45, 2.75) is 374 Å². The molecule has 6 atom stereocenters. The minimum atomic E-state index is -4.95. The largest absolute Gasteiger partial charge is 0.472 e. The lowest BCUT2D eigenvalue weighted by Crippen LogP contribution is -2.30. The zero-order valence-corrected chi connectivity index (χ0v) is 59.5. The maximum atomic E-state index is 13.0. The summed E-state index contributed by atoms with van der Waals surface area (Å²) < 4.78 is 68.0. The van der Waals surface area contributed by atoms with Gasteiger partial charge in [-0.15, -0.1) is 0 Å². The van der Waals surface area contributed by atoms with Crippen LogP contribution in [0, 0.1) is 11.8 Å². The van der Waals surface area contributed by atoms with Gasteiger partial charge in [0, 0.05) is 25.7 Å². The number of rotatable bonds is 69. The Hall–Kier alpha value is -1.94. The number of carbonyl (C=O) groups is 4. The van der Waals surface area contributed by atoms with E-state index in [0.717, 1.165) is 108 Å². The van der Waals surface area contributed by atoms with Crippen LogP contribution in [0.3, 0.4) is 0 Å². The van der Waals surface area contributed by atoms with Gasteiger partial charge < -0.3 is 33.8 Å². The fourth-order valence-corrected chi connectivity index (χ4v) is 12.1. The number of aliphatic hydroxyl groups is 1. The highest BCUT2D eigenvalue weighted by Gasteiger charge is 2.30. The number of esters is 4. The van der Waals surface area contributed by atoms with Crippen molar-refractivity contribution < 1.29 is 80.2 Å². The molecule has 0 aliphatic carbocycles. The van der Waals surface area contributed by atoms with E-state index in [-0.39, 0.29) is 25.7 Å². The summed E-state index contributed by atoms with van der Waals surface area (Å²) in [6, 6.07) is 0. The number of phosphoric ester groups is 2. The third kappa shape index (κ3) is 63.2. The number of ether oxygens (including phenoxy) is 4. The Balaban J connectivity index is 5.15. The molecular weight excluding hydrogens is 1170 g/mol. The molecule has 0 spiro atoms. The second kappa shape index (κ2) is 62.2. The van der Waals surface area contributed by atoms with E-state index >= 15 is 0 Å². The van der Waals surface area contributed by atoms with Crippen molar-refractivity contribution in [3.05, 3.63) is 0 Å². The minimum absolute atomic E-state index is 0.105. The van der Waals surface area contributed by atoms with E-state index in [2.05, 4.69) is 41.5 Å². The lowest BCUT2D eigenvalue weighted by Gasteiger charge is -2.21.